The maximum atomic E-state index is 11.2. The van der Waals surface area contributed by atoms with E-state index in [0.29, 0.717) is 10.6 Å². The minimum Gasteiger partial charge on any atom is -0.496 e. The highest BCUT2D eigenvalue weighted by Gasteiger charge is 2.10. The molecular formula is C10H14O3S. The molecule has 0 radical (unpaired) electrons. The maximum Gasteiger partial charge on any atom is 0.175 e. The second-order valence-corrected chi connectivity index (χ2v) is 5.12. The summed E-state index contributed by atoms with van der Waals surface area (Å²) >= 11 is 0. The highest BCUT2D eigenvalue weighted by molar-refractivity contribution is 7.90. The third-order valence-electron chi connectivity index (χ3n) is 2.07. The molecule has 0 heterocycles. The minimum atomic E-state index is -3.14. The Morgan fingerprint density at radius 3 is 2.43 bits per heavy atom. The summed E-state index contributed by atoms with van der Waals surface area (Å²) < 4.78 is 27.6. The van der Waals surface area contributed by atoms with Crippen LogP contribution in [0.3, 0.4) is 0 Å². The zero-order valence-corrected chi connectivity index (χ0v) is 9.39. The second kappa shape index (κ2) is 4.00. The molecule has 1 aromatic carbocycles. The molecule has 0 aliphatic rings. The first-order chi connectivity index (χ1) is 6.49. The van der Waals surface area contributed by atoms with Crippen molar-refractivity contribution in [1.29, 1.82) is 0 Å². The Morgan fingerprint density at radius 2 is 2.00 bits per heavy atom. The van der Waals surface area contributed by atoms with Crippen molar-refractivity contribution >= 4 is 9.84 Å². The van der Waals surface area contributed by atoms with E-state index in [1.807, 2.05) is 6.92 Å². The van der Waals surface area contributed by atoms with Crippen molar-refractivity contribution in [3.05, 3.63) is 23.8 Å². The van der Waals surface area contributed by atoms with Gasteiger partial charge in [-0.25, -0.2) is 8.42 Å². The van der Waals surface area contributed by atoms with Crippen molar-refractivity contribution in [1.82, 2.24) is 0 Å². The lowest BCUT2D eigenvalue weighted by Gasteiger charge is -2.07. The van der Waals surface area contributed by atoms with Crippen LogP contribution >= 0.6 is 0 Å². The number of sulfone groups is 1. The first kappa shape index (κ1) is 11.0. The molecule has 1 rings (SSSR count). The molecule has 0 N–H and O–H groups in total. The van der Waals surface area contributed by atoms with Crippen LogP contribution in [0.4, 0.5) is 0 Å². The molecule has 4 heteroatoms. The summed E-state index contributed by atoms with van der Waals surface area (Å²) in [6.07, 6.45) is 2.01. The van der Waals surface area contributed by atoms with Crippen molar-refractivity contribution in [3.8, 4) is 5.75 Å². The smallest absolute Gasteiger partial charge is 0.175 e. The molecule has 14 heavy (non-hydrogen) atoms. The van der Waals surface area contributed by atoms with E-state index in [1.165, 1.54) is 6.26 Å². The summed E-state index contributed by atoms with van der Waals surface area (Å²) in [5.41, 5.74) is 1.01. The number of methoxy groups -OCH3 is 1. The topological polar surface area (TPSA) is 43.4 Å². The van der Waals surface area contributed by atoms with Gasteiger partial charge in [0.05, 0.1) is 12.0 Å². The number of rotatable bonds is 3. The molecule has 0 fully saturated rings. The fraction of sp³-hybridized carbons (Fsp3) is 0.400. The minimum absolute atomic E-state index is 0.298. The predicted octanol–water partition coefficient (Wildman–Crippen LogP) is 1.66. The van der Waals surface area contributed by atoms with Crippen LogP contribution in [0.15, 0.2) is 23.1 Å². The van der Waals surface area contributed by atoms with E-state index < -0.39 is 9.84 Å². The second-order valence-electron chi connectivity index (χ2n) is 3.10. The molecule has 0 aromatic heterocycles. The predicted molar refractivity (Wildman–Crippen MR) is 55.5 cm³/mol. The largest absolute Gasteiger partial charge is 0.496 e. The highest BCUT2D eigenvalue weighted by Crippen LogP contribution is 2.23. The Kier molecular flexibility index (Phi) is 3.16. The molecule has 0 bridgehead atoms. The molecule has 0 unspecified atom stereocenters. The van der Waals surface area contributed by atoms with E-state index in [4.69, 9.17) is 4.74 Å². The van der Waals surface area contributed by atoms with Gasteiger partial charge in [0.2, 0.25) is 0 Å². The van der Waals surface area contributed by atoms with Crippen LogP contribution in [0.1, 0.15) is 12.5 Å². The van der Waals surface area contributed by atoms with Crippen LogP contribution in [0, 0.1) is 0 Å². The lowest BCUT2D eigenvalue weighted by Crippen LogP contribution is -1.99. The van der Waals surface area contributed by atoms with E-state index in [2.05, 4.69) is 0 Å². The van der Waals surface area contributed by atoms with Crippen molar-refractivity contribution < 1.29 is 13.2 Å². The van der Waals surface area contributed by atoms with Crippen molar-refractivity contribution in [2.45, 2.75) is 18.2 Å². The van der Waals surface area contributed by atoms with Gasteiger partial charge in [-0.3, -0.25) is 0 Å². The molecule has 0 aliphatic carbocycles. The third kappa shape index (κ3) is 2.26. The molecule has 0 saturated heterocycles. The van der Waals surface area contributed by atoms with Crippen LogP contribution in [0.2, 0.25) is 0 Å². The number of ether oxygens (including phenoxy) is 1. The monoisotopic (exact) mass is 214 g/mol. The lowest BCUT2D eigenvalue weighted by molar-refractivity contribution is 0.408. The summed E-state index contributed by atoms with van der Waals surface area (Å²) in [6, 6.07) is 4.96. The van der Waals surface area contributed by atoms with E-state index in [0.717, 1.165) is 12.0 Å². The fourth-order valence-electron chi connectivity index (χ4n) is 1.25. The first-order valence-electron chi connectivity index (χ1n) is 4.36. The van der Waals surface area contributed by atoms with Gasteiger partial charge in [-0.1, -0.05) is 13.0 Å². The summed E-state index contributed by atoms with van der Waals surface area (Å²) in [4.78, 5) is 0.298. The number of hydrogen-bond donors (Lipinski definition) is 0. The number of hydrogen-bond acceptors (Lipinski definition) is 3. The van der Waals surface area contributed by atoms with Crippen LogP contribution in [-0.2, 0) is 16.3 Å². The maximum absolute atomic E-state index is 11.2. The summed E-state index contributed by atoms with van der Waals surface area (Å²) in [6.45, 7) is 2.00. The summed E-state index contributed by atoms with van der Waals surface area (Å²) in [7, 11) is -1.60. The molecular weight excluding hydrogens is 200 g/mol. The molecule has 0 saturated carbocycles. The Morgan fingerprint density at radius 1 is 1.36 bits per heavy atom. The Balaban J connectivity index is 3.28. The Labute approximate surface area is 84.6 Å². The Hall–Kier alpha value is -1.03. The van der Waals surface area contributed by atoms with E-state index in [9.17, 15) is 8.42 Å². The van der Waals surface area contributed by atoms with Gasteiger partial charge in [0, 0.05) is 6.26 Å². The van der Waals surface area contributed by atoms with Crippen LogP contribution in [0.25, 0.3) is 0 Å². The lowest BCUT2D eigenvalue weighted by atomic mass is 10.1. The van der Waals surface area contributed by atoms with Gasteiger partial charge in [-0.15, -0.1) is 0 Å². The zero-order valence-electron chi connectivity index (χ0n) is 8.57. The molecule has 0 amide bonds. The average Bonchev–Trinajstić information content (AvgIpc) is 2.15. The SMILES string of the molecule is CCc1ccc(S(C)(=O)=O)cc1OC. The first-order valence-corrected chi connectivity index (χ1v) is 6.25. The molecule has 3 nitrogen and oxygen atoms in total. The fourth-order valence-corrected chi connectivity index (χ4v) is 1.88. The van der Waals surface area contributed by atoms with Crippen molar-refractivity contribution in [2.75, 3.05) is 13.4 Å². The van der Waals surface area contributed by atoms with Gasteiger partial charge in [0.25, 0.3) is 0 Å². The van der Waals surface area contributed by atoms with E-state index in [-0.39, 0.29) is 0 Å². The Bertz CT molecular complexity index is 421. The van der Waals surface area contributed by atoms with Gasteiger partial charge in [-0.05, 0) is 24.1 Å². The molecule has 78 valence electrons. The van der Waals surface area contributed by atoms with Crippen molar-refractivity contribution in [2.24, 2.45) is 0 Å². The summed E-state index contributed by atoms with van der Waals surface area (Å²) in [5.74, 6) is 0.635. The van der Waals surface area contributed by atoms with Gasteiger partial charge < -0.3 is 4.74 Å². The number of benzene rings is 1. The van der Waals surface area contributed by atoms with Gasteiger partial charge in [0.1, 0.15) is 5.75 Å². The third-order valence-corrected chi connectivity index (χ3v) is 3.18. The van der Waals surface area contributed by atoms with Gasteiger partial charge in [0.15, 0.2) is 9.84 Å². The van der Waals surface area contributed by atoms with Crippen molar-refractivity contribution in [3.63, 3.8) is 0 Å². The van der Waals surface area contributed by atoms with E-state index in [1.54, 1.807) is 25.3 Å². The highest BCUT2D eigenvalue weighted by atomic mass is 32.2. The average molecular weight is 214 g/mol. The van der Waals surface area contributed by atoms with Gasteiger partial charge >= 0.3 is 0 Å². The van der Waals surface area contributed by atoms with Crippen LogP contribution < -0.4 is 4.74 Å². The van der Waals surface area contributed by atoms with E-state index >= 15 is 0 Å². The molecule has 0 aliphatic heterocycles. The zero-order chi connectivity index (χ0) is 10.8. The molecule has 1 aromatic rings. The molecule has 0 atom stereocenters. The van der Waals surface area contributed by atoms with Gasteiger partial charge in [-0.2, -0.15) is 0 Å². The number of aryl methyl sites for hydroxylation is 1. The molecule has 0 spiro atoms. The standard InChI is InChI=1S/C10H14O3S/c1-4-8-5-6-9(14(3,11)12)7-10(8)13-2/h5-7H,4H2,1-3H3. The normalized spacial score (nSPS) is 11.4. The van der Waals surface area contributed by atoms with Crippen LogP contribution in [0.5, 0.6) is 5.75 Å². The van der Waals surface area contributed by atoms with Crippen LogP contribution in [-0.4, -0.2) is 21.8 Å². The summed E-state index contributed by atoms with van der Waals surface area (Å²) in [5, 5.41) is 0. The quantitative estimate of drug-likeness (QED) is 0.768.